The molecule has 2 aromatic carbocycles. The van der Waals surface area contributed by atoms with Gasteiger partial charge in [0.15, 0.2) is 6.10 Å². The van der Waals surface area contributed by atoms with Gasteiger partial charge in [0.1, 0.15) is 5.75 Å². The Morgan fingerprint density at radius 1 is 1.14 bits per heavy atom. The molecule has 0 aliphatic carbocycles. The Morgan fingerprint density at radius 2 is 1.86 bits per heavy atom. The van der Waals surface area contributed by atoms with Crippen molar-refractivity contribution in [1.29, 1.82) is 0 Å². The van der Waals surface area contributed by atoms with Crippen LogP contribution in [-0.2, 0) is 22.6 Å². The first-order valence-electron chi connectivity index (χ1n) is 10.5. The van der Waals surface area contributed by atoms with Crippen LogP contribution in [0.3, 0.4) is 0 Å². The molecule has 1 heterocycles. The Hall–Kier alpha value is -2.37. The minimum Gasteiger partial charge on any atom is -0.480 e. The molecule has 0 radical (unpaired) electrons. The molecule has 0 saturated carbocycles. The van der Waals surface area contributed by atoms with Crippen LogP contribution in [0.4, 0.5) is 0 Å². The van der Waals surface area contributed by atoms with E-state index < -0.39 is 6.10 Å². The molecule has 1 fully saturated rings. The maximum atomic E-state index is 12.7. The number of hydrogen-bond donors (Lipinski definition) is 1. The monoisotopic (exact) mass is 396 g/mol. The first kappa shape index (κ1) is 21.3. The number of morpholine rings is 1. The van der Waals surface area contributed by atoms with E-state index in [0.29, 0.717) is 13.0 Å². The molecule has 156 valence electrons. The van der Waals surface area contributed by atoms with Crippen molar-refractivity contribution in [2.75, 3.05) is 26.3 Å². The highest BCUT2D eigenvalue weighted by Gasteiger charge is 2.19. The molecule has 1 N–H and O–H groups in total. The Balaban J connectivity index is 1.56. The average molecular weight is 397 g/mol. The van der Waals surface area contributed by atoms with Gasteiger partial charge < -0.3 is 14.8 Å². The molecule has 0 aromatic heterocycles. The third-order valence-electron chi connectivity index (χ3n) is 5.46. The summed E-state index contributed by atoms with van der Waals surface area (Å²) in [6.45, 7) is 11.0. The standard InChI is InChI=1S/C24H32N2O3/c1-4-22(29-23-10-5-7-18(2)19(23)3)24(27)25-16-20-8-6-9-21(15-20)17-26-11-13-28-14-12-26/h5-10,15,22H,4,11-14,16-17H2,1-3H3,(H,25,27)/t22-/m1/s1. The van der Waals surface area contributed by atoms with Crippen LogP contribution in [-0.4, -0.2) is 43.2 Å². The maximum absolute atomic E-state index is 12.7. The molecule has 1 aliphatic heterocycles. The molecular formula is C24H32N2O3. The van der Waals surface area contributed by atoms with Gasteiger partial charge in [0, 0.05) is 26.2 Å². The minimum atomic E-state index is -0.493. The summed E-state index contributed by atoms with van der Waals surface area (Å²) >= 11 is 0. The molecule has 5 nitrogen and oxygen atoms in total. The summed E-state index contributed by atoms with van der Waals surface area (Å²) in [6, 6.07) is 14.3. The topological polar surface area (TPSA) is 50.8 Å². The molecule has 1 atom stereocenters. The highest BCUT2D eigenvalue weighted by atomic mass is 16.5. The van der Waals surface area contributed by atoms with Crippen LogP contribution in [0.15, 0.2) is 42.5 Å². The molecule has 1 aliphatic rings. The summed E-state index contributed by atoms with van der Waals surface area (Å²) in [5.74, 6) is 0.700. The number of hydrogen-bond acceptors (Lipinski definition) is 4. The average Bonchev–Trinajstić information content (AvgIpc) is 2.74. The third kappa shape index (κ3) is 6.05. The lowest BCUT2D eigenvalue weighted by atomic mass is 10.1. The molecule has 29 heavy (non-hydrogen) atoms. The van der Waals surface area contributed by atoms with E-state index in [1.54, 1.807) is 0 Å². The number of amides is 1. The van der Waals surface area contributed by atoms with Crippen LogP contribution in [0.25, 0.3) is 0 Å². The van der Waals surface area contributed by atoms with E-state index in [4.69, 9.17) is 9.47 Å². The second-order valence-electron chi connectivity index (χ2n) is 7.64. The molecule has 0 spiro atoms. The predicted molar refractivity (Wildman–Crippen MR) is 115 cm³/mol. The Kier molecular flexibility index (Phi) is 7.67. The van der Waals surface area contributed by atoms with Gasteiger partial charge in [-0.25, -0.2) is 0 Å². The van der Waals surface area contributed by atoms with E-state index in [0.717, 1.165) is 55.3 Å². The van der Waals surface area contributed by atoms with Crippen molar-refractivity contribution >= 4 is 5.91 Å². The van der Waals surface area contributed by atoms with Crippen molar-refractivity contribution in [3.8, 4) is 5.75 Å². The first-order chi connectivity index (χ1) is 14.1. The number of benzene rings is 2. The van der Waals surface area contributed by atoms with E-state index in [-0.39, 0.29) is 5.91 Å². The highest BCUT2D eigenvalue weighted by molar-refractivity contribution is 5.81. The molecule has 0 bridgehead atoms. The number of aryl methyl sites for hydroxylation is 1. The van der Waals surface area contributed by atoms with Crippen molar-refractivity contribution in [3.63, 3.8) is 0 Å². The van der Waals surface area contributed by atoms with Crippen LogP contribution >= 0.6 is 0 Å². The van der Waals surface area contributed by atoms with Gasteiger partial charge in [-0.1, -0.05) is 43.3 Å². The summed E-state index contributed by atoms with van der Waals surface area (Å²) in [5.41, 5.74) is 4.60. The van der Waals surface area contributed by atoms with Crippen LogP contribution in [0.1, 0.15) is 35.6 Å². The summed E-state index contributed by atoms with van der Waals surface area (Å²) < 4.78 is 11.4. The molecule has 2 aromatic rings. The molecule has 0 unspecified atom stereocenters. The normalized spacial score (nSPS) is 15.7. The van der Waals surface area contributed by atoms with Gasteiger partial charge in [0.05, 0.1) is 13.2 Å². The molecular weight excluding hydrogens is 364 g/mol. The fraction of sp³-hybridized carbons (Fsp3) is 0.458. The Labute approximate surface area is 174 Å². The minimum absolute atomic E-state index is 0.0769. The van der Waals surface area contributed by atoms with E-state index in [9.17, 15) is 4.79 Å². The Bertz CT molecular complexity index is 816. The lowest BCUT2D eigenvalue weighted by Gasteiger charge is -2.26. The fourth-order valence-electron chi connectivity index (χ4n) is 3.49. The van der Waals surface area contributed by atoms with Gasteiger partial charge in [-0.3, -0.25) is 9.69 Å². The number of nitrogens with zero attached hydrogens (tertiary/aromatic N) is 1. The molecule has 1 saturated heterocycles. The van der Waals surface area contributed by atoms with Crippen molar-refractivity contribution in [3.05, 3.63) is 64.7 Å². The summed E-state index contributed by atoms with van der Waals surface area (Å²) in [7, 11) is 0. The van der Waals surface area contributed by atoms with E-state index >= 15 is 0 Å². The van der Waals surface area contributed by atoms with Crippen LogP contribution in [0.5, 0.6) is 5.75 Å². The quantitative estimate of drug-likeness (QED) is 0.741. The highest BCUT2D eigenvalue weighted by Crippen LogP contribution is 2.22. The number of ether oxygens (including phenoxy) is 2. The van der Waals surface area contributed by atoms with Gasteiger partial charge in [0.2, 0.25) is 0 Å². The lowest BCUT2D eigenvalue weighted by Crippen LogP contribution is -2.37. The zero-order chi connectivity index (χ0) is 20.6. The predicted octanol–water partition coefficient (Wildman–Crippen LogP) is 3.61. The van der Waals surface area contributed by atoms with Crippen LogP contribution in [0.2, 0.25) is 0 Å². The fourth-order valence-corrected chi connectivity index (χ4v) is 3.49. The Morgan fingerprint density at radius 3 is 2.62 bits per heavy atom. The van der Waals surface area contributed by atoms with Gasteiger partial charge in [-0.05, 0) is 48.6 Å². The second-order valence-corrected chi connectivity index (χ2v) is 7.64. The number of rotatable bonds is 8. The zero-order valence-corrected chi connectivity index (χ0v) is 17.7. The molecule has 1 amide bonds. The summed E-state index contributed by atoms with van der Waals surface area (Å²) in [6.07, 6.45) is 0.128. The van der Waals surface area contributed by atoms with Gasteiger partial charge in [0.25, 0.3) is 5.91 Å². The second kappa shape index (κ2) is 10.4. The van der Waals surface area contributed by atoms with E-state index in [1.807, 2.05) is 39.0 Å². The number of carbonyl (C=O) groups excluding carboxylic acids is 1. The van der Waals surface area contributed by atoms with Gasteiger partial charge in [-0.15, -0.1) is 0 Å². The smallest absolute Gasteiger partial charge is 0.261 e. The van der Waals surface area contributed by atoms with Crippen LogP contribution < -0.4 is 10.1 Å². The molecule has 5 heteroatoms. The van der Waals surface area contributed by atoms with E-state index in [1.165, 1.54) is 5.56 Å². The number of nitrogens with one attached hydrogen (secondary N) is 1. The van der Waals surface area contributed by atoms with Crippen molar-refractivity contribution in [2.45, 2.75) is 46.4 Å². The van der Waals surface area contributed by atoms with Gasteiger partial charge in [-0.2, -0.15) is 0 Å². The zero-order valence-electron chi connectivity index (χ0n) is 17.7. The first-order valence-corrected chi connectivity index (χ1v) is 10.5. The van der Waals surface area contributed by atoms with Crippen molar-refractivity contribution in [1.82, 2.24) is 10.2 Å². The number of carbonyl (C=O) groups is 1. The van der Waals surface area contributed by atoms with Crippen molar-refractivity contribution < 1.29 is 14.3 Å². The summed E-state index contributed by atoms with van der Waals surface area (Å²) in [5, 5.41) is 3.04. The van der Waals surface area contributed by atoms with Crippen LogP contribution in [0, 0.1) is 13.8 Å². The summed E-state index contributed by atoms with van der Waals surface area (Å²) in [4.78, 5) is 15.1. The molecule has 3 rings (SSSR count). The third-order valence-corrected chi connectivity index (χ3v) is 5.46. The lowest BCUT2D eigenvalue weighted by molar-refractivity contribution is -0.128. The van der Waals surface area contributed by atoms with Crippen molar-refractivity contribution in [2.24, 2.45) is 0 Å². The largest absolute Gasteiger partial charge is 0.480 e. The maximum Gasteiger partial charge on any atom is 0.261 e. The van der Waals surface area contributed by atoms with E-state index in [2.05, 4.69) is 34.5 Å². The SMILES string of the molecule is CC[C@@H](Oc1cccc(C)c1C)C(=O)NCc1cccc(CN2CCOCC2)c1. The van der Waals surface area contributed by atoms with Gasteiger partial charge >= 0.3 is 0 Å².